The van der Waals surface area contributed by atoms with Gasteiger partial charge in [-0.2, -0.15) is 0 Å². The molecule has 3 aromatic rings. The first-order chi connectivity index (χ1) is 14.5. The molecule has 0 heterocycles. The summed E-state index contributed by atoms with van der Waals surface area (Å²) in [4.78, 5) is 24.8. The fourth-order valence-corrected chi connectivity index (χ4v) is 2.83. The van der Waals surface area contributed by atoms with Crippen molar-refractivity contribution in [2.24, 2.45) is 0 Å². The summed E-state index contributed by atoms with van der Waals surface area (Å²) in [5, 5.41) is 5.65. The lowest BCUT2D eigenvalue weighted by molar-refractivity contribution is -0.122. The third kappa shape index (κ3) is 5.38. The number of benzene rings is 3. The van der Waals surface area contributed by atoms with Crippen LogP contribution in [0.15, 0.2) is 72.8 Å². The molecule has 154 valence electrons. The van der Waals surface area contributed by atoms with Crippen LogP contribution in [0.1, 0.15) is 22.8 Å². The maximum absolute atomic E-state index is 12.4. The Kier molecular flexibility index (Phi) is 6.70. The highest BCUT2D eigenvalue weighted by Crippen LogP contribution is 2.27. The number of para-hydroxylation sites is 2. The Morgan fingerprint density at radius 1 is 0.833 bits per heavy atom. The van der Waals surface area contributed by atoms with Crippen molar-refractivity contribution in [1.29, 1.82) is 0 Å². The zero-order chi connectivity index (χ0) is 21.5. The van der Waals surface area contributed by atoms with E-state index in [-0.39, 0.29) is 11.8 Å². The van der Waals surface area contributed by atoms with E-state index >= 15 is 0 Å². The quantitative estimate of drug-likeness (QED) is 0.600. The molecule has 0 fully saturated rings. The minimum absolute atomic E-state index is 0.186. The van der Waals surface area contributed by atoms with Gasteiger partial charge in [0.1, 0.15) is 0 Å². The molecule has 0 aliphatic heterocycles. The van der Waals surface area contributed by atoms with E-state index in [9.17, 15) is 9.59 Å². The molecule has 0 aliphatic rings. The second kappa shape index (κ2) is 9.60. The number of hydrogen-bond acceptors (Lipinski definition) is 4. The summed E-state index contributed by atoms with van der Waals surface area (Å²) in [6, 6.07) is 21.4. The predicted molar refractivity (Wildman–Crippen MR) is 117 cm³/mol. The van der Waals surface area contributed by atoms with Crippen LogP contribution in [0.2, 0.25) is 0 Å². The zero-order valence-electron chi connectivity index (χ0n) is 17.1. The van der Waals surface area contributed by atoms with Gasteiger partial charge in [-0.3, -0.25) is 9.59 Å². The molecular weight excluding hydrogens is 380 g/mol. The van der Waals surface area contributed by atoms with Gasteiger partial charge < -0.3 is 20.1 Å². The molecule has 2 N–H and O–H groups in total. The van der Waals surface area contributed by atoms with Crippen molar-refractivity contribution in [3.63, 3.8) is 0 Å². The lowest BCUT2D eigenvalue weighted by atomic mass is 10.1. The lowest BCUT2D eigenvalue weighted by Gasteiger charge is -2.16. The van der Waals surface area contributed by atoms with Gasteiger partial charge in [0.2, 0.25) is 0 Å². The molecule has 0 saturated carbocycles. The molecule has 0 unspecified atom stereocenters. The Morgan fingerprint density at radius 2 is 1.47 bits per heavy atom. The lowest BCUT2D eigenvalue weighted by Crippen LogP contribution is -2.30. The van der Waals surface area contributed by atoms with E-state index in [2.05, 4.69) is 10.6 Å². The summed E-state index contributed by atoms with van der Waals surface area (Å²) < 4.78 is 10.9. The monoisotopic (exact) mass is 404 g/mol. The van der Waals surface area contributed by atoms with Gasteiger partial charge in [-0.25, -0.2) is 0 Å². The van der Waals surface area contributed by atoms with Crippen molar-refractivity contribution in [2.75, 3.05) is 17.7 Å². The van der Waals surface area contributed by atoms with E-state index in [1.54, 1.807) is 56.5 Å². The average Bonchev–Trinajstić information content (AvgIpc) is 2.75. The largest absolute Gasteiger partial charge is 0.493 e. The van der Waals surface area contributed by atoms with Crippen molar-refractivity contribution >= 4 is 23.2 Å². The molecule has 2 amide bonds. The second-order valence-corrected chi connectivity index (χ2v) is 6.80. The second-order valence-electron chi connectivity index (χ2n) is 6.80. The topological polar surface area (TPSA) is 76.7 Å². The molecule has 30 heavy (non-hydrogen) atoms. The summed E-state index contributed by atoms with van der Waals surface area (Å²) in [5.41, 5.74) is 2.85. The van der Waals surface area contributed by atoms with E-state index < -0.39 is 6.10 Å². The van der Waals surface area contributed by atoms with Crippen LogP contribution >= 0.6 is 0 Å². The molecule has 0 aliphatic carbocycles. The Bertz CT molecular complexity index is 1030. The van der Waals surface area contributed by atoms with Crippen LogP contribution in [0, 0.1) is 6.92 Å². The molecule has 0 saturated heterocycles. The number of ether oxygens (including phenoxy) is 2. The van der Waals surface area contributed by atoms with Crippen molar-refractivity contribution in [2.45, 2.75) is 20.0 Å². The SMILES string of the molecule is COc1ccccc1O[C@@H](C)C(=O)Nc1ccc(NC(=O)c2cccc(C)c2)cc1. The fraction of sp³-hybridized carbons (Fsp3) is 0.167. The first-order valence-electron chi connectivity index (χ1n) is 9.55. The van der Waals surface area contributed by atoms with Crippen LogP contribution in [0.5, 0.6) is 11.5 Å². The highest BCUT2D eigenvalue weighted by Gasteiger charge is 2.17. The Morgan fingerprint density at radius 3 is 2.10 bits per heavy atom. The highest BCUT2D eigenvalue weighted by molar-refractivity contribution is 6.04. The molecule has 3 aromatic carbocycles. The summed E-state index contributed by atoms with van der Waals surface area (Å²) in [7, 11) is 1.55. The summed E-state index contributed by atoms with van der Waals surface area (Å²) in [6.07, 6.45) is -0.720. The van der Waals surface area contributed by atoms with E-state index in [1.165, 1.54) is 0 Å². The predicted octanol–water partition coefficient (Wildman–Crippen LogP) is 4.66. The number of methoxy groups -OCH3 is 1. The third-order valence-electron chi connectivity index (χ3n) is 4.43. The Hall–Kier alpha value is -3.80. The maximum atomic E-state index is 12.4. The number of carbonyl (C=O) groups excluding carboxylic acids is 2. The molecule has 6 nitrogen and oxygen atoms in total. The van der Waals surface area contributed by atoms with Crippen LogP contribution in [0.4, 0.5) is 11.4 Å². The van der Waals surface area contributed by atoms with E-state index in [0.717, 1.165) is 5.56 Å². The highest BCUT2D eigenvalue weighted by atomic mass is 16.5. The average molecular weight is 404 g/mol. The standard InChI is InChI=1S/C24H24N2O4/c1-16-7-6-8-18(15-16)24(28)26-20-13-11-19(12-14-20)25-23(27)17(2)30-22-10-5-4-9-21(22)29-3/h4-15,17H,1-3H3,(H,25,27)(H,26,28)/t17-/m0/s1. The number of anilines is 2. The van der Waals surface area contributed by atoms with Crippen LogP contribution in [-0.4, -0.2) is 25.0 Å². The Balaban J connectivity index is 1.58. The van der Waals surface area contributed by atoms with Crippen molar-refractivity contribution in [3.05, 3.63) is 83.9 Å². The number of amides is 2. The summed E-state index contributed by atoms with van der Waals surface area (Å²) in [6.45, 7) is 3.60. The van der Waals surface area contributed by atoms with Gasteiger partial charge >= 0.3 is 0 Å². The van der Waals surface area contributed by atoms with Gasteiger partial charge in [0.05, 0.1) is 7.11 Å². The number of rotatable bonds is 7. The van der Waals surface area contributed by atoms with Crippen LogP contribution in [0.25, 0.3) is 0 Å². The fourth-order valence-electron chi connectivity index (χ4n) is 2.83. The minimum Gasteiger partial charge on any atom is -0.493 e. The smallest absolute Gasteiger partial charge is 0.265 e. The van der Waals surface area contributed by atoms with Gasteiger partial charge in [0, 0.05) is 16.9 Å². The molecule has 6 heteroatoms. The summed E-state index contributed by atoms with van der Waals surface area (Å²) in [5.74, 6) is 0.578. The number of hydrogen-bond donors (Lipinski definition) is 2. The molecule has 3 rings (SSSR count). The van der Waals surface area contributed by atoms with Gasteiger partial charge in [0.25, 0.3) is 11.8 Å². The summed E-state index contributed by atoms with van der Waals surface area (Å²) >= 11 is 0. The number of aryl methyl sites for hydroxylation is 1. The van der Waals surface area contributed by atoms with Crippen molar-refractivity contribution in [3.8, 4) is 11.5 Å². The Labute approximate surface area is 175 Å². The molecule has 0 aromatic heterocycles. The first-order valence-corrected chi connectivity index (χ1v) is 9.55. The van der Waals surface area contributed by atoms with E-state index in [4.69, 9.17) is 9.47 Å². The van der Waals surface area contributed by atoms with E-state index in [1.807, 2.05) is 37.3 Å². The van der Waals surface area contributed by atoms with Gasteiger partial charge in [0.15, 0.2) is 17.6 Å². The van der Waals surface area contributed by atoms with Crippen LogP contribution in [-0.2, 0) is 4.79 Å². The van der Waals surface area contributed by atoms with Crippen LogP contribution < -0.4 is 20.1 Å². The molecular formula is C24H24N2O4. The van der Waals surface area contributed by atoms with Crippen molar-refractivity contribution in [1.82, 2.24) is 0 Å². The van der Waals surface area contributed by atoms with E-state index in [0.29, 0.717) is 28.4 Å². The zero-order valence-corrected chi connectivity index (χ0v) is 17.1. The van der Waals surface area contributed by atoms with Gasteiger partial charge in [-0.15, -0.1) is 0 Å². The maximum Gasteiger partial charge on any atom is 0.265 e. The van der Waals surface area contributed by atoms with Gasteiger partial charge in [-0.05, 0) is 62.4 Å². The minimum atomic E-state index is -0.720. The normalized spacial score (nSPS) is 11.3. The van der Waals surface area contributed by atoms with Gasteiger partial charge in [-0.1, -0.05) is 29.8 Å². The molecule has 1 atom stereocenters. The number of carbonyl (C=O) groups is 2. The van der Waals surface area contributed by atoms with Crippen LogP contribution in [0.3, 0.4) is 0 Å². The molecule has 0 radical (unpaired) electrons. The van der Waals surface area contributed by atoms with Crippen molar-refractivity contribution < 1.29 is 19.1 Å². The number of nitrogens with one attached hydrogen (secondary N) is 2. The third-order valence-corrected chi connectivity index (χ3v) is 4.43. The molecule has 0 bridgehead atoms. The first kappa shape index (κ1) is 20.9. The molecule has 0 spiro atoms.